The fourth-order valence-corrected chi connectivity index (χ4v) is 3.70. The third kappa shape index (κ3) is 4.51. The van der Waals surface area contributed by atoms with Crippen molar-refractivity contribution < 1.29 is 18.7 Å². The number of aromatic nitrogens is 3. The van der Waals surface area contributed by atoms with Gasteiger partial charge in [-0.3, -0.25) is 9.48 Å². The molecule has 4 rings (SSSR count). The Kier molecular flexibility index (Phi) is 6.38. The SMILES string of the molecule is Cc1c(-c2cnc(N)c(-c3ccc(C(=O)N[C@H](CO)c4cccc(F)c4)c(F)c3)c2)cnn1C. The van der Waals surface area contributed by atoms with Gasteiger partial charge in [0, 0.05) is 35.6 Å². The van der Waals surface area contributed by atoms with Gasteiger partial charge in [-0.15, -0.1) is 0 Å². The van der Waals surface area contributed by atoms with Gasteiger partial charge in [0.25, 0.3) is 5.91 Å². The first-order valence-electron chi connectivity index (χ1n) is 10.5. The van der Waals surface area contributed by atoms with Crippen molar-refractivity contribution in [3.05, 3.63) is 89.4 Å². The first-order chi connectivity index (χ1) is 16.3. The van der Waals surface area contributed by atoms with Crippen LogP contribution < -0.4 is 11.1 Å². The quantitative estimate of drug-likeness (QED) is 0.404. The lowest BCUT2D eigenvalue weighted by molar-refractivity contribution is 0.0912. The summed E-state index contributed by atoms with van der Waals surface area (Å²) in [6.07, 6.45) is 3.35. The van der Waals surface area contributed by atoms with Crippen LogP contribution in [0.5, 0.6) is 0 Å². The van der Waals surface area contributed by atoms with E-state index in [0.717, 1.165) is 16.8 Å². The van der Waals surface area contributed by atoms with Crippen LogP contribution in [0.2, 0.25) is 0 Å². The molecule has 4 aromatic rings. The number of nitrogens with two attached hydrogens (primary N) is 1. The van der Waals surface area contributed by atoms with Gasteiger partial charge in [0.2, 0.25) is 0 Å². The third-order valence-corrected chi connectivity index (χ3v) is 5.73. The second-order valence-electron chi connectivity index (χ2n) is 7.88. The van der Waals surface area contributed by atoms with Crippen molar-refractivity contribution in [2.75, 3.05) is 12.3 Å². The van der Waals surface area contributed by atoms with E-state index in [1.807, 2.05) is 14.0 Å². The number of nitrogens with zero attached hydrogens (tertiary/aromatic N) is 3. The zero-order chi connectivity index (χ0) is 24.4. The zero-order valence-electron chi connectivity index (χ0n) is 18.6. The van der Waals surface area contributed by atoms with Crippen LogP contribution in [-0.4, -0.2) is 32.4 Å². The maximum absolute atomic E-state index is 15.0. The molecule has 0 saturated heterocycles. The van der Waals surface area contributed by atoms with Gasteiger partial charge in [0.15, 0.2) is 0 Å². The smallest absolute Gasteiger partial charge is 0.254 e. The number of halogens is 2. The lowest BCUT2D eigenvalue weighted by Crippen LogP contribution is -2.31. The Morgan fingerprint density at radius 2 is 1.91 bits per heavy atom. The van der Waals surface area contributed by atoms with E-state index in [2.05, 4.69) is 15.4 Å². The van der Waals surface area contributed by atoms with Crippen molar-refractivity contribution in [3.8, 4) is 22.3 Å². The number of carbonyl (C=O) groups excluding carboxylic acids is 1. The van der Waals surface area contributed by atoms with Crippen LogP contribution in [0.25, 0.3) is 22.3 Å². The third-order valence-electron chi connectivity index (χ3n) is 5.73. The first kappa shape index (κ1) is 23.1. The molecule has 0 unspecified atom stereocenters. The molecule has 2 aromatic carbocycles. The number of benzene rings is 2. The number of nitrogen functional groups attached to an aromatic ring is 1. The van der Waals surface area contributed by atoms with Gasteiger partial charge in [-0.2, -0.15) is 5.10 Å². The van der Waals surface area contributed by atoms with Gasteiger partial charge in [0.1, 0.15) is 17.5 Å². The predicted molar refractivity (Wildman–Crippen MR) is 125 cm³/mol. The molecule has 4 N–H and O–H groups in total. The maximum atomic E-state index is 15.0. The number of pyridine rings is 1. The minimum absolute atomic E-state index is 0.216. The van der Waals surface area contributed by atoms with E-state index in [-0.39, 0.29) is 11.4 Å². The highest BCUT2D eigenvalue weighted by atomic mass is 19.1. The number of aryl methyl sites for hydroxylation is 1. The van der Waals surface area contributed by atoms with Crippen molar-refractivity contribution in [2.24, 2.45) is 7.05 Å². The van der Waals surface area contributed by atoms with Gasteiger partial charge in [-0.1, -0.05) is 18.2 Å². The number of anilines is 1. The molecule has 0 spiro atoms. The molecule has 1 amide bonds. The van der Waals surface area contributed by atoms with Crippen molar-refractivity contribution >= 4 is 11.7 Å². The number of aliphatic hydroxyl groups is 1. The van der Waals surface area contributed by atoms with E-state index in [0.29, 0.717) is 16.7 Å². The number of carbonyl (C=O) groups is 1. The number of nitrogens with one attached hydrogen (secondary N) is 1. The Bertz CT molecular complexity index is 1370. The monoisotopic (exact) mass is 463 g/mol. The van der Waals surface area contributed by atoms with Crippen LogP contribution in [0.15, 0.2) is 60.9 Å². The first-order valence-corrected chi connectivity index (χ1v) is 10.5. The molecule has 2 aromatic heterocycles. The molecule has 1 atom stereocenters. The summed E-state index contributed by atoms with van der Waals surface area (Å²) in [6.45, 7) is 1.45. The Morgan fingerprint density at radius 3 is 2.56 bits per heavy atom. The van der Waals surface area contributed by atoms with E-state index in [4.69, 9.17) is 5.73 Å². The number of hydrogen-bond donors (Lipinski definition) is 3. The van der Waals surface area contributed by atoms with E-state index in [1.54, 1.807) is 35.3 Å². The van der Waals surface area contributed by atoms with Crippen molar-refractivity contribution in [1.82, 2.24) is 20.1 Å². The molecule has 0 bridgehead atoms. The molecule has 34 heavy (non-hydrogen) atoms. The fourth-order valence-electron chi connectivity index (χ4n) is 3.70. The molecule has 7 nitrogen and oxygen atoms in total. The van der Waals surface area contributed by atoms with Crippen molar-refractivity contribution in [3.63, 3.8) is 0 Å². The minimum atomic E-state index is -0.887. The second kappa shape index (κ2) is 9.40. The molecule has 0 radical (unpaired) electrons. The highest BCUT2D eigenvalue weighted by Gasteiger charge is 2.19. The van der Waals surface area contributed by atoms with E-state index in [9.17, 15) is 18.7 Å². The number of hydrogen-bond acceptors (Lipinski definition) is 5. The highest BCUT2D eigenvalue weighted by Crippen LogP contribution is 2.31. The van der Waals surface area contributed by atoms with Gasteiger partial charge < -0.3 is 16.2 Å². The van der Waals surface area contributed by atoms with Gasteiger partial charge in [0.05, 0.1) is 24.4 Å². The zero-order valence-corrected chi connectivity index (χ0v) is 18.6. The summed E-state index contributed by atoms with van der Waals surface area (Å²) in [6, 6.07) is 10.5. The van der Waals surface area contributed by atoms with E-state index in [1.165, 1.54) is 30.3 Å². The number of rotatable bonds is 6. The Balaban J connectivity index is 1.61. The van der Waals surface area contributed by atoms with Crippen LogP contribution in [0.1, 0.15) is 27.7 Å². The summed E-state index contributed by atoms with van der Waals surface area (Å²) in [5.41, 5.74) is 9.76. The maximum Gasteiger partial charge on any atom is 0.254 e. The number of amides is 1. The van der Waals surface area contributed by atoms with Crippen LogP contribution in [-0.2, 0) is 7.05 Å². The lowest BCUT2D eigenvalue weighted by atomic mass is 9.99. The molecule has 0 aliphatic rings. The summed E-state index contributed by atoms with van der Waals surface area (Å²) in [4.78, 5) is 16.9. The molecular weight excluding hydrogens is 440 g/mol. The summed E-state index contributed by atoms with van der Waals surface area (Å²) >= 11 is 0. The normalized spacial score (nSPS) is 11.9. The molecule has 9 heteroatoms. The van der Waals surface area contributed by atoms with Crippen LogP contribution >= 0.6 is 0 Å². The summed E-state index contributed by atoms with van der Waals surface area (Å²) < 4.78 is 30.2. The largest absolute Gasteiger partial charge is 0.394 e. The predicted octanol–water partition coefficient (Wildman–Crippen LogP) is 3.78. The molecule has 0 saturated carbocycles. The highest BCUT2D eigenvalue weighted by molar-refractivity contribution is 5.95. The summed E-state index contributed by atoms with van der Waals surface area (Å²) in [5, 5.41) is 16.4. The van der Waals surface area contributed by atoms with Crippen LogP contribution in [0, 0.1) is 18.6 Å². The molecule has 2 heterocycles. The van der Waals surface area contributed by atoms with E-state index < -0.39 is 30.2 Å². The van der Waals surface area contributed by atoms with Crippen molar-refractivity contribution in [2.45, 2.75) is 13.0 Å². The number of aliphatic hydroxyl groups excluding tert-OH is 1. The summed E-state index contributed by atoms with van der Waals surface area (Å²) in [5.74, 6) is -1.80. The van der Waals surface area contributed by atoms with Gasteiger partial charge in [-0.25, -0.2) is 13.8 Å². The summed E-state index contributed by atoms with van der Waals surface area (Å²) in [7, 11) is 1.83. The average molecular weight is 463 g/mol. The molecule has 0 aliphatic heterocycles. The molecular formula is C25H23F2N5O2. The average Bonchev–Trinajstić information content (AvgIpc) is 3.15. The second-order valence-corrected chi connectivity index (χ2v) is 7.88. The Labute approximate surface area is 194 Å². The van der Waals surface area contributed by atoms with Gasteiger partial charge in [-0.05, 0) is 48.4 Å². The van der Waals surface area contributed by atoms with E-state index >= 15 is 0 Å². The van der Waals surface area contributed by atoms with Crippen LogP contribution in [0.4, 0.5) is 14.6 Å². The standard InChI is InChI=1S/C25H23F2N5O2/c1-14-21(12-30-32(14)2)17-9-20(24(28)29-11-17)15-6-7-19(22(27)10-15)25(34)31-23(13-33)16-4-3-5-18(26)8-16/h3-12,23,33H,13H2,1-2H3,(H2,28,29)(H,31,34)/t23-/m1/s1. The van der Waals surface area contributed by atoms with Crippen molar-refractivity contribution in [1.29, 1.82) is 0 Å². The molecule has 0 fully saturated rings. The Hall–Kier alpha value is -4.11. The van der Waals surface area contributed by atoms with Crippen LogP contribution in [0.3, 0.4) is 0 Å². The topological polar surface area (TPSA) is 106 Å². The fraction of sp³-hybridized carbons (Fsp3) is 0.160. The molecule has 0 aliphatic carbocycles. The molecule has 174 valence electrons. The Morgan fingerprint density at radius 1 is 1.12 bits per heavy atom. The lowest BCUT2D eigenvalue weighted by Gasteiger charge is -2.17. The minimum Gasteiger partial charge on any atom is -0.394 e. The van der Waals surface area contributed by atoms with Gasteiger partial charge >= 0.3 is 0 Å².